The van der Waals surface area contributed by atoms with Crippen LogP contribution in [0.2, 0.25) is 0 Å². The topological polar surface area (TPSA) is 65.4 Å². The molecule has 1 aliphatic rings. The van der Waals surface area contributed by atoms with Crippen LogP contribution in [0.5, 0.6) is 0 Å². The van der Waals surface area contributed by atoms with Crippen molar-refractivity contribution in [1.29, 1.82) is 0 Å². The summed E-state index contributed by atoms with van der Waals surface area (Å²) in [5, 5.41) is 0.912. The number of H-pyrrole nitrogens is 1. The number of aromatic nitrogens is 2. The van der Waals surface area contributed by atoms with E-state index < -0.39 is 0 Å². The highest BCUT2D eigenvalue weighted by Crippen LogP contribution is 2.23. The molecule has 0 aliphatic carbocycles. The monoisotopic (exact) mass is 338 g/mol. The van der Waals surface area contributed by atoms with Crippen LogP contribution in [0.25, 0.3) is 22.1 Å². The summed E-state index contributed by atoms with van der Waals surface area (Å²) in [6.45, 7) is 8.22. The fourth-order valence-corrected chi connectivity index (χ4v) is 3.59. The molecule has 7 heteroatoms. The number of benzene rings is 1. The Kier molecular flexibility index (Phi) is 4.35. The van der Waals surface area contributed by atoms with E-state index in [0.29, 0.717) is 29.1 Å². The van der Waals surface area contributed by atoms with Crippen LogP contribution in [0.1, 0.15) is 19.2 Å². The molecule has 130 valence electrons. The summed E-state index contributed by atoms with van der Waals surface area (Å²) >= 11 is 0. The van der Waals surface area contributed by atoms with E-state index in [9.17, 15) is 4.79 Å². The summed E-state index contributed by atoms with van der Waals surface area (Å²) in [6.07, 6.45) is 1.19. The highest BCUT2D eigenvalue weighted by atomic mass is 16.3. The van der Waals surface area contributed by atoms with Gasteiger partial charge < -0.3 is 14.3 Å². The van der Waals surface area contributed by atoms with E-state index in [-0.39, 0.29) is 5.56 Å². The molecule has 3 heterocycles. The van der Waals surface area contributed by atoms with Crippen LogP contribution in [0.3, 0.4) is 0 Å². The van der Waals surface area contributed by atoms with Crippen LogP contribution in [0.4, 0.5) is 0 Å². The van der Waals surface area contributed by atoms with Gasteiger partial charge in [0.05, 0.1) is 6.54 Å². The molecule has 3 aromatic rings. The largest absolute Gasteiger partial charge is 0.449 e. The Morgan fingerprint density at radius 1 is 1.24 bits per heavy atom. The molecule has 25 heavy (non-hydrogen) atoms. The SMILES string of the molecule is Bc1ccc2oc3c(=O)[nH]c(CN4CCN(CCC)CC4)nc3c2c1. The Bertz CT molecular complexity index is 957. The van der Waals surface area contributed by atoms with Crippen LogP contribution < -0.4 is 11.0 Å². The summed E-state index contributed by atoms with van der Waals surface area (Å²) in [6, 6.07) is 5.91. The van der Waals surface area contributed by atoms with Gasteiger partial charge in [0.25, 0.3) is 5.56 Å². The van der Waals surface area contributed by atoms with E-state index in [1.165, 1.54) is 6.42 Å². The molecule has 6 nitrogen and oxygen atoms in total. The fourth-order valence-electron chi connectivity index (χ4n) is 3.59. The van der Waals surface area contributed by atoms with Crippen molar-refractivity contribution < 1.29 is 4.42 Å². The number of nitrogens with zero attached hydrogens (tertiary/aromatic N) is 3. The average molecular weight is 338 g/mol. The number of nitrogens with one attached hydrogen (secondary N) is 1. The highest BCUT2D eigenvalue weighted by molar-refractivity contribution is 6.33. The van der Waals surface area contributed by atoms with Gasteiger partial charge in [-0.2, -0.15) is 0 Å². The zero-order valence-electron chi connectivity index (χ0n) is 14.8. The number of fused-ring (bicyclic) bond motifs is 3. The van der Waals surface area contributed by atoms with Crippen molar-refractivity contribution in [3.8, 4) is 0 Å². The maximum atomic E-state index is 12.4. The minimum Gasteiger partial charge on any atom is -0.449 e. The zero-order valence-corrected chi connectivity index (χ0v) is 14.8. The molecule has 0 atom stereocenters. The third-order valence-electron chi connectivity index (χ3n) is 4.91. The quantitative estimate of drug-likeness (QED) is 0.700. The first-order valence-electron chi connectivity index (χ1n) is 9.01. The Balaban J connectivity index is 1.61. The second kappa shape index (κ2) is 6.65. The van der Waals surface area contributed by atoms with Crippen LogP contribution >= 0.6 is 0 Å². The number of rotatable bonds is 4. The van der Waals surface area contributed by atoms with Gasteiger partial charge in [0.2, 0.25) is 5.58 Å². The molecule has 0 unspecified atom stereocenters. The minimum atomic E-state index is -0.196. The molecule has 0 amide bonds. The molecule has 1 saturated heterocycles. The summed E-state index contributed by atoms with van der Waals surface area (Å²) in [5.41, 5.74) is 2.63. The van der Waals surface area contributed by atoms with E-state index >= 15 is 0 Å². The van der Waals surface area contributed by atoms with Crippen LogP contribution in [0, 0.1) is 0 Å². The van der Waals surface area contributed by atoms with E-state index in [0.717, 1.165) is 43.6 Å². The van der Waals surface area contributed by atoms with Gasteiger partial charge >= 0.3 is 0 Å². The fraction of sp³-hybridized carbons (Fsp3) is 0.444. The molecule has 2 aromatic heterocycles. The second-order valence-corrected chi connectivity index (χ2v) is 6.91. The van der Waals surface area contributed by atoms with E-state index in [1.807, 2.05) is 26.0 Å². The second-order valence-electron chi connectivity index (χ2n) is 6.91. The van der Waals surface area contributed by atoms with Crippen molar-refractivity contribution in [3.05, 3.63) is 34.4 Å². The van der Waals surface area contributed by atoms with Gasteiger partial charge in [-0.3, -0.25) is 9.69 Å². The molecule has 1 N–H and O–H groups in total. The summed E-state index contributed by atoms with van der Waals surface area (Å²) in [5.74, 6) is 0.714. The molecule has 1 fully saturated rings. The molecule has 1 aliphatic heterocycles. The molecule has 0 spiro atoms. The number of aromatic amines is 1. The first-order valence-corrected chi connectivity index (χ1v) is 9.01. The predicted octanol–water partition coefficient (Wildman–Crippen LogP) is 0.455. The molecular formula is C18H23BN4O2. The lowest BCUT2D eigenvalue weighted by Gasteiger charge is -2.34. The Hall–Kier alpha value is -2.12. The van der Waals surface area contributed by atoms with Gasteiger partial charge in [-0.1, -0.05) is 24.5 Å². The van der Waals surface area contributed by atoms with Crippen molar-refractivity contribution in [3.63, 3.8) is 0 Å². The molecule has 0 saturated carbocycles. The number of hydrogen-bond acceptors (Lipinski definition) is 5. The molecule has 0 bridgehead atoms. The van der Waals surface area contributed by atoms with Gasteiger partial charge in [-0.15, -0.1) is 0 Å². The van der Waals surface area contributed by atoms with Gasteiger partial charge in [0.1, 0.15) is 24.8 Å². The smallest absolute Gasteiger partial charge is 0.294 e. The van der Waals surface area contributed by atoms with Crippen molar-refractivity contribution in [2.24, 2.45) is 0 Å². The molecule has 1 aromatic carbocycles. The Labute approximate surface area is 147 Å². The van der Waals surface area contributed by atoms with Crippen molar-refractivity contribution in [2.45, 2.75) is 19.9 Å². The summed E-state index contributed by atoms with van der Waals surface area (Å²) < 4.78 is 5.70. The zero-order chi connectivity index (χ0) is 17.4. The van der Waals surface area contributed by atoms with E-state index in [2.05, 4.69) is 21.7 Å². The minimum absolute atomic E-state index is 0.196. The lowest BCUT2D eigenvalue weighted by atomic mass is 9.95. The summed E-state index contributed by atoms with van der Waals surface area (Å²) in [4.78, 5) is 24.9. The van der Waals surface area contributed by atoms with E-state index in [1.54, 1.807) is 0 Å². The van der Waals surface area contributed by atoms with Gasteiger partial charge in [0.15, 0.2) is 0 Å². The van der Waals surface area contributed by atoms with Crippen molar-refractivity contribution in [2.75, 3.05) is 32.7 Å². The normalized spacial score (nSPS) is 16.8. The molecular weight excluding hydrogens is 315 g/mol. The number of furan rings is 1. The van der Waals surface area contributed by atoms with Crippen LogP contribution in [0.15, 0.2) is 27.4 Å². The van der Waals surface area contributed by atoms with Gasteiger partial charge in [0, 0.05) is 31.6 Å². The number of piperazine rings is 1. The predicted molar refractivity (Wildman–Crippen MR) is 102 cm³/mol. The van der Waals surface area contributed by atoms with Crippen LogP contribution in [-0.2, 0) is 6.54 Å². The Morgan fingerprint density at radius 2 is 2.00 bits per heavy atom. The van der Waals surface area contributed by atoms with E-state index in [4.69, 9.17) is 9.40 Å². The Morgan fingerprint density at radius 3 is 2.76 bits per heavy atom. The summed E-state index contributed by atoms with van der Waals surface area (Å²) in [7, 11) is 2.03. The van der Waals surface area contributed by atoms with Crippen LogP contribution in [-0.4, -0.2) is 60.3 Å². The number of hydrogen-bond donors (Lipinski definition) is 1. The maximum absolute atomic E-state index is 12.4. The van der Waals surface area contributed by atoms with Gasteiger partial charge in [-0.25, -0.2) is 4.98 Å². The highest BCUT2D eigenvalue weighted by Gasteiger charge is 2.19. The first-order chi connectivity index (χ1) is 12.1. The van der Waals surface area contributed by atoms with Crippen molar-refractivity contribution in [1.82, 2.24) is 19.8 Å². The lowest BCUT2D eigenvalue weighted by Crippen LogP contribution is -2.46. The third-order valence-corrected chi connectivity index (χ3v) is 4.91. The third kappa shape index (κ3) is 3.21. The van der Waals surface area contributed by atoms with Crippen molar-refractivity contribution >= 4 is 35.4 Å². The molecule has 0 radical (unpaired) electrons. The standard InChI is InChI=1S/C18H23BN4O2/c1-2-5-22-6-8-23(9-7-22)11-15-20-16-13-10-12(19)3-4-14(13)25-17(16)18(24)21-15/h3-4,10H,2,5-9,11,19H2,1H3,(H,20,21,24). The lowest BCUT2D eigenvalue weighted by molar-refractivity contribution is 0.125. The average Bonchev–Trinajstić information content (AvgIpc) is 2.96. The first kappa shape index (κ1) is 16.4. The maximum Gasteiger partial charge on any atom is 0.294 e. The van der Waals surface area contributed by atoms with Gasteiger partial charge in [-0.05, 0) is 19.0 Å². The molecule has 4 rings (SSSR count).